The Bertz CT molecular complexity index is 323. The summed E-state index contributed by atoms with van der Waals surface area (Å²) in [5.74, 6) is 0.485. The molecule has 1 atom stereocenters. The summed E-state index contributed by atoms with van der Waals surface area (Å²) in [4.78, 5) is 0. The minimum atomic E-state index is -0.234. The highest BCUT2D eigenvalue weighted by Gasteiger charge is 2.16. The van der Waals surface area contributed by atoms with Gasteiger partial charge in [0.2, 0.25) is 0 Å². The van der Waals surface area contributed by atoms with Crippen molar-refractivity contribution in [1.29, 1.82) is 0 Å². The molecule has 2 N–H and O–H groups in total. The number of rotatable bonds is 6. The van der Waals surface area contributed by atoms with E-state index in [4.69, 9.17) is 9.47 Å². The molecule has 2 rings (SSSR count). The van der Waals surface area contributed by atoms with Crippen LogP contribution in [0.5, 0.6) is 5.75 Å². The summed E-state index contributed by atoms with van der Waals surface area (Å²) < 4.78 is 23.6. The lowest BCUT2D eigenvalue weighted by Crippen LogP contribution is -2.87. The maximum Gasteiger partial charge on any atom is 0.137 e. The molecule has 17 heavy (non-hydrogen) atoms. The fraction of sp³-hybridized carbons (Fsp3) is 0.538. The molecule has 1 saturated heterocycles. The normalized spacial score (nSPS) is 19.5. The van der Waals surface area contributed by atoms with E-state index in [-0.39, 0.29) is 5.82 Å². The van der Waals surface area contributed by atoms with Gasteiger partial charge in [-0.25, -0.2) is 4.39 Å². The predicted molar refractivity (Wildman–Crippen MR) is 62.5 cm³/mol. The highest BCUT2D eigenvalue weighted by atomic mass is 19.1. The summed E-state index contributed by atoms with van der Waals surface area (Å²) in [5.41, 5.74) is 0. The van der Waals surface area contributed by atoms with Crippen LogP contribution in [0.25, 0.3) is 0 Å². The first-order valence-electron chi connectivity index (χ1n) is 6.16. The lowest BCUT2D eigenvalue weighted by molar-refractivity contribution is -0.661. The number of nitrogens with two attached hydrogens (primary N) is 1. The van der Waals surface area contributed by atoms with Gasteiger partial charge in [-0.15, -0.1) is 0 Å². The van der Waals surface area contributed by atoms with Gasteiger partial charge < -0.3 is 14.8 Å². The van der Waals surface area contributed by atoms with Crippen molar-refractivity contribution in [3.8, 4) is 5.75 Å². The van der Waals surface area contributed by atoms with Crippen molar-refractivity contribution in [2.45, 2.75) is 18.9 Å². The van der Waals surface area contributed by atoms with Gasteiger partial charge in [0.05, 0.1) is 0 Å². The standard InChI is InChI=1S/C13H18FNO2/c14-11-3-5-12(6-4-11)17-9-7-15-10-13-2-1-8-16-13/h3-6,13,15H,1-2,7-10H2/p+1/t13-/m0/s1. The van der Waals surface area contributed by atoms with E-state index in [0.29, 0.717) is 12.7 Å². The molecule has 1 aliphatic heterocycles. The number of ether oxygens (including phenoxy) is 2. The molecule has 1 heterocycles. The third-order valence-electron chi connectivity index (χ3n) is 2.86. The molecule has 0 bridgehead atoms. The van der Waals surface area contributed by atoms with Gasteiger partial charge in [-0.05, 0) is 37.1 Å². The summed E-state index contributed by atoms with van der Waals surface area (Å²) in [7, 11) is 0. The molecule has 0 aliphatic carbocycles. The lowest BCUT2D eigenvalue weighted by Gasteiger charge is -2.08. The van der Waals surface area contributed by atoms with Crippen LogP contribution in [0.1, 0.15) is 12.8 Å². The van der Waals surface area contributed by atoms with Crippen LogP contribution in [-0.2, 0) is 4.74 Å². The number of benzene rings is 1. The quantitative estimate of drug-likeness (QED) is 0.751. The van der Waals surface area contributed by atoms with Crippen LogP contribution in [0, 0.1) is 5.82 Å². The summed E-state index contributed by atoms with van der Waals surface area (Å²) in [5, 5.41) is 2.21. The van der Waals surface area contributed by atoms with Crippen molar-refractivity contribution < 1.29 is 19.2 Å². The molecule has 3 nitrogen and oxygen atoms in total. The third-order valence-corrected chi connectivity index (χ3v) is 2.86. The maximum atomic E-state index is 12.6. The first-order chi connectivity index (χ1) is 8.34. The topological polar surface area (TPSA) is 35.1 Å². The Labute approximate surface area is 101 Å². The third kappa shape index (κ3) is 4.32. The Kier molecular flexibility index (Phi) is 4.76. The Morgan fingerprint density at radius 2 is 2.18 bits per heavy atom. The molecule has 0 radical (unpaired) electrons. The molecule has 0 amide bonds. The summed E-state index contributed by atoms with van der Waals surface area (Å²) >= 11 is 0. The molecule has 4 heteroatoms. The van der Waals surface area contributed by atoms with Crippen LogP contribution in [0.15, 0.2) is 24.3 Å². The van der Waals surface area contributed by atoms with Gasteiger partial charge in [-0.3, -0.25) is 0 Å². The van der Waals surface area contributed by atoms with Gasteiger partial charge in [0.25, 0.3) is 0 Å². The van der Waals surface area contributed by atoms with Crippen molar-refractivity contribution in [3.63, 3.8) is 0 Å². The average Bonchev–Trinajstić information content (AvgIpc) is 2.84. The smallest absolute Gasteiger partial charge is 0.137 e. The maximum absolute atomic E-state index is 12.6. The van der Waals surface area contributed by atoms with Crippen LogP contribution in [-0.4, -0.2) is 32.4 Å². The van der Waals surface area contributed by atoms with Crippen LogP contribution in [0.2, 0.25) is 0 Å². The molecule has 1 aliphatic rings. The minimum absolute atomic E-state index is 0.234. The average molecular weight is 240 g/mol. The predicted octanol–water partition coefficient (Wildman–Crippen LogP) is 0.947. The van der Waals surface area contributed by atoms with E-state index in [1.165, 1.54) is 25.0 Å². The summed E-state index contributed by atoms with van der Waals surface area (Å²) in [6, 6.07) is 6.11. The van der Waals surface area contributed by atoms with Crippen LogP contribution in [0.3, 0.4) is 0 Å². The van der Waals surface area contributed by atoms with Gasteiger partial charge >= 0.3 is 0 Å². The second-order valence-corrected chi connectivity index (χ2v) is 4.25. The van der Waals surface area contributed by atoms with Gasteiger partial charge in [-0.2, -0.15) is 0 Å². The molecule has 0 spiro atoms. The number of quaternary nitrogens is 1. The Morgan fingerprint density at radius 1 is 1.35 bits per heavy atom. The Balaban J connectivity index is 1.55. The van der Waals surface area contributed by atoms with Crippen molar-refractivity contribution in [2.75, 3.05) is 26.3 Å². The van der Waals surface area contributed by atoms with E-state index >= 15 is 0 Å². The fourth-order valence-electron chi connectivity index (χ4n) is 1.92. The zero-order valence-corrected chi connectivity index (χ0v) is 9.90. The molecule has 0 saturated carbocycles. The molecule has 1 fully saturated rings. The first-order valence-corrected chi connectivity index (χ1v) is 6.16. The first kappa shape index (κ1) is 12.3. The number of hydrogen-bond donors (Lipinski definition) is 1. The SMILES string of the molecule is Fc1ccc(OCC[NH2+]C[C@@H]2CCCO2)cc1. The Morgan fingerprint density at radius 3 is 2.88 bits per heavy atom. The van der Waals surface area contributed by atoms with E-state index in [1.807, 2.05) is 0 Å². The molecule has 0 unspecified atom stereocenters. The van der Waals surface area contributed by atoms with Crippen molar-refractivity contribution in [1.82, 2.24) is 0 Å². The Hall–Kier alpha value is -1.13. The highest BCUT2D eigenvalue weighted by molar-refractivity contribution is 5.21. The van der Waals surface area contributed by atoms with Gasteiger partial charge in [0.1, 0.15) is 37.4 Å². The fourth-order valence-corrected chi connectivity index (χ4v) is 1.92. The summed E-state index contributed by atoms with van der Waals surface area (Å²) in [6.45, 7) is 3.45. The van der Waals surface area contributed by atoms with E-state index in [9.17, 15) is 4.39 Å². The van der Waals surface area contributed by atoms with Crippen molar-refractivity contribution in [2.24, 2.45) is 0 Å². The van der Waals surface area contributed by atoms with Gasteiger partial charge in [0, 0.05) is 6.61 Å². The van der Waals surface area contributed by atoms with Gasteiger partial charge in [0.15, 0.2) is 0 Å². The molecular weight excluding hydrogens is 221 g/mol. The zero-order valence-electron chi connectivity index (χ0n) is 9.90. The molecule has 1 aromatic rings. The molecule has 0 aromatic heterocycles. The van der Waals surface area contributed by atoms with E-state index in [1.54, 1.807) is 12.1 Å². The number of hydrogen-bond acceptors (Lipinski definition) is 2. The monoisotopic (exact) mass is 240 g/mol. The largest absolute Gasteiger partial charge is 0.488 e. The minimum Gasteiger partial charge on any atom is -0.488 e. The lowest BCUT2D eigenvalue weighted by atomic mass is 10.2. The van der Waals surface area contributed by atoms with Gasteiger partial charge in [-0.1, -0.05) is 0 Å². The van der Waals surface area contributed by atoms with Crippen molar-refractivity contribution in [3.05, 3.63) is 30.1 Å². The second kappa shape index (κ2) is 6.57. The second-order valence-electron chi connectivity index (χ2n) is 4.25. The van der Waals surface area contributed by atoms with E-state index < -0.39 is 0 Å². The van der Waals surface area contributed by atoms with E-state index in [0.717, 1.165) is 25.4 Å². The van der Waals surface area contributed by atoms with Crippen molar-refractivity contribution >= 4 is 0 Å². The van der Waals surface area contributed by atoms with Crippen LogP contribution >= 0.6 is 0 Å². The molecule has 94 valence electrons. The highest BCUT2D eigenvalue weighted by Crippen LogP contribution is 2.10. The van der Waals surface area contributed by atoms with E-state index in [2.05, 4.69) is 5.32 Å². The zero-order chi connectivity index (χ0) is 11.9. The number of halogens is 1. The van der Waals surface area contributed by atoms with Crippen LogP contribution < -0.4 is 10.1 Å². The van der Waals surface area contributed by atoms with Crippen LogP contribution in [0.4, 0.5) is 4.39 Å². The molecule has 1 aromatic carbocycles. The molecular formula is C13H19FNO2+. The summed E-state index contributed by atoms with van der Waals surface area (Å²) in [6.07, 6.45) is 2.78.